The van der Waals surface area contributed by atoms with Crippen molar-refractivity contribution in [3.8, 4) is 0 Å². The van der Waals surface area contributed by atoms with Gasteiger partial charge in [0.15, 0.2) is 0 Å². The molecule has 0 spiro atoms. The van der Waals surface area contributed by atoms with Crippen LogP contribution in [-0.4, -0.2) is 36.9 Å². The van der Waals surface area contributed by atoms with Crippen molar-refractivity contribution in [1.82, 2.24) is 0 Å². The van der Waals surface area contributed by atoms with Crippen LogP contribution in [0.4, 0.5) is 0 Å². The summed E-state index contributed by atoms with van der Waals surface area (Å²) in [6.07, 6.45) is 5.15. The summed E-state index contributed by atoms with van der Waals surface area (Å²) in [7, 11) is 0. The third kappa shape index (κ3) is 2.62. The van der Waals surface area contributed by atoms with Crippen molar-refractivity contribution >= 4 is 12.4 Å². The Kier molecular flexibility index (Phi) is 3.61. The number of carbonyl (C=O) groups is 2. The minimum Gasteiger partial charge on any atom is -0.463 e. The fourth-order valence-electron chi connectivity index (χ4n) is 3.39. The van der Waals surface area contributed by atoms with Gasteiger partial charge in [0.25, 0.3) is 6.47 Å². The second-order valence-electron chi connectivity index (χ2n) is 6.20. The molecule has 3 aliphatic rings. The van der Waals surface area contributed by atoms with Gasteiger partial charge < -0.3 is 14.2 Å². The molecule has 0 aromatic carbocycles. The molecule has 0 bridgehead atoms. The highest BCUT2D eigenvalue weighted by Crippen LogP contribution is 2.49. The van der Waals surface area contributed by atoms with Crippen LogP contribution in [0.2, 0.25) is 0 Å². The molecular weight excluding hydrogens is 272 g/mol. The summed E-state index contributed by atoms with van der Waals surface area (Å²) in [5.74, 6) is -0.321. The average molecular weight is 292 g/mol. The predicted octanol–water partition coefficient (Wildman–Crippen LogP) is 1.92. The molecule has 114 valence electrons. The van der Waals surface area contributed by atoms with E-state index in [1.807, 2.05) is 0 Å². The molecule has 2 saturated heterocycles. The van der Waals surface area contributed by atoms with Crippen LogP contribution < -0.4 is 0 Å². The van der Waals surface area contributed by atoms with Crippen molar-refractivity contribution in [2.75, 3.05) is 6.61 Å². The average Bonchev–Trinajstić information content (AvgIpc) is 3.05. The topological polar surface area (TPSA) is 65.1 Å². The first kappa shape index (κ1) is 14.3. The van der Waals surface area contributed by atoms with E-state index in [1.165, 1.54) is 0 Å². The second kappa shape index (κ2) is 5.30. The zero-order valence-corrected chi connectivity index (χ0v) is 12.2. The lowest BCUT2D eigenvalue weighted by Crippen LogP contribution is -2.29. The number of esters is 1. The first-order valence-electron chi connectivity index (χ1n) is 7.36. The largest absolute Gasteiger partial charge is 0.463 e. The third-order valence-corrected chi connectivity index (χ3v) is 4.78. The van der Waals surface area contributed by atoms with E-state index >= 15 is 0 Å². The Morgan fingerprint density at radius 3 is 3.14 bits per heavy atom. The molecule has 0 aromatic rings. The summed E-state index contributed by atoms with van der Waals surface area (Å²) in [5.41, 5.74) is 1.39. The number of ether oxygens (including phenoxy) is 3. The summed E-state index contributed by atoms with van der Waals surface area (Å²) in [5, 5.41) is 0. The third-order valence-electron chi connectivity index (χ3n) is 4.78. The number of hydrogen-bond acceptors (Lipinski definition) is 5. The zero-order valence-electron chi connectivity index (χ0n) is 12.2. The van der Waals surface area contributed by atoms with E-state index in [9.17, 15) is 9.59 Å². The van der Waals surface area contributed by atoms with Gasteiger partial charge in [-0.15, -0.1) is 0 Å². The molecule has 2 fully saturated rings. The number of fused-ring (bicyclic) bond motifs is 3. The van der Waals surface area contributed by atoms with Gasteiger partial charge in [0.05, 0.1) is 5.60 Å². The lowest BCUT2D eigenvalue weighted by Gasteiger charge is -2.19. The summed E-state index contributed by atoms with van der Waals surface area (Å²) >= 11 is 0. The Balaban J connectivity index is 1.79. The maximum atomic E-state index is 11.8. The number of hydrogen-bond donors (Lipinski definition) is 0. The highest BCUT2D eigenvalue weighted by atomic mass is 16.6. The Bertz CT molecular complexity index is 509. The number of carbonyl (C=O) groups excluding carboxylic acids is 2. The van der Waals surface area contributed by atoms with Crippen molar-refractivity contribution in [3.05, 3.63) is 23.8 Å². The monoisotopic (exact) mass is 292 g/mol. The van der Waals surface area contributed by atoms with Crippen LogP contribution in [0.15, 0.2) is 23.8 Å². The summed E-state index contributed by atoms with van der Waals surface area (Å²) in [4.78, 5) is 22.2. The molecule has 0 saturated carbocycles. The highest BCUT2D eigenvalue weighted by Gasteiger charge is 2.61. The Labute approximate surface area is 123 Å². The molecule has 0 aromatic heterocycles. The first-order valence-corrected chi connectivity index (χ1v) is 7.36. The highest BCUT2D eigenvalue weighted by molar-refractivity contribution is 5.91. The van der Waals surface area contributed by atoms with E-state index in [4.69, 9.17) is 14.2 Å². The van der Waals surface area contributed by atoms with Crippen LogP contribution in [0.3, 0.4) is 0 Å². The zero-order chi connectivity index (χ0) is 15.0. The van der Waals surface area contributed by atoms with Crippen LogP contribution >= 0.6 is 0 Å². The predicted molar refractivity (Wildman–Crippen MR) is 74.4 cm³/mol. The van der Waals surface area contributed by atoms with Crippen LogP contribution in [0.1, 0.15) is 32.6 Å². The van der Waals surface area contributed by atoms with Crippen molar-refractivity contribution in [1.29, 1.82) is 0 Å². The summed E-state index contributed by atoms with van der Waals surface area (Å²) in [6, 6.07) is 0. The van der Waals surface area contributed by atoms with Gasteiger partial charge in [-0.25, -0.2) is 4.79 Å². The lowest BCUT2D eigenvalue weighted by molar-refractivity contribution is -0.140. The normalized spacial score (nSPS) is 41.2. The maximum absolute atomic E-state index is 11.8. The standard InChI is InChI=1S/C16H20O5/c1-10-12-6-5-11(8-19-9-17)4-3-7-16(2)14(21-16)13(12)20-15(10)18/h4,9,12-14H,1,3,5-8H2,2H3/b11-4+/t12-,13-,14-,16+/m0/s1. The Morgan fingerprint density at radius 2 is 2.38 bits per heavy atom. The Hall–Kier alpha value is -1.62. The van der Waals surface area contributed by atoms with Crippen LogP contribution in [0.5, 0.6) is 0 Å². The van der Waals surface area contributed by atoms with Crippen molar-refractivity contribution in [2.24, 2.45) is 5.92 Å². The molecule has 2 aliphatic heterocycles. The fraction of sp³-hybridized carbons (Fsp3) is 0.625. The van der Waals surface area contributed by atoms with Gasteiger partial charge in [0.2, 0.25) is 0 Å². The van der Waals surface area contributed by atoms with Gasteiger partial charge >= 0.3 is 5.97 Å². The molecule has 4 atom stereocenters. The van der Waals surface area contributed by atoms with E-state index in [-0.39, 0.29) is 29.7 Å². The van der Waals surface area contributed by atoms with Crippen LogP contribution in [0, 0.1) is 5.92 Å². The van der Waals surface area contributed by atoms with Gasteiger partial charge in [-0.2, -0.15) is 0 Å². The van der Waals surface area contributed by atoms with Gasteiger partial charge in [-0.1, -0.05) is 12.7 Å². The minimum atomic E-state index is -0.309. The molecule has 5 heteroatoms. The van der Waals surface area contributed by atoms with Crippen LogP contribution in [-0.2, 0) is 23.8 Å². The van der Waals surface area contributed by atoms with Gasteiger partial charge in [0, 0.05) is 11.5 Å². The SMILES string of the molecule is C=C1C(=O)O[C@H]2[C@H]1CC/C(COC=O)=C\CC[C@@]1(C)O[C@@H]21. The maximum Gasteiger partial charge on any atom is 0.334 e. The minimum absolute atomic E-state index is 0.0120. The van der Waals surface area contributed by atoms with Crippen molar-refractivity contribution < 1.29 is 23.8 Å². The number of allylic oxidation sites excluding steroid dienone is 1. The molecular formula is C16H20O5. The molecule has 0 radical (unpaired) electrons. The van der Waals surface area contributed by atoms with Crippen LogP contribution in [0.25, 0.3) is 0 Å². The van der Waals surface area contributed by atoms with Gasteiger partial charge in [-0.05, 0) is 38.2 Å². The van der Waals surface area contributed by atoms with E-state index in [1.54, 1.807) is 0 Å². The summed E-state index contributed by atoms with van der Waals surface area (Å²) in [6.45, 7) is 6.70. The smallest absolute Gasteiger partial charge is 0.334 e. The van der Waals surface area contributed by atoms with Crippen molar-refractivity contribution in [2.45, 2.75) is 50.4 Å². The van der Waals surface area contributed by atoms with Gasteiger partial charge in [0.1, 0.15) is 18.8 Å². The Morgan fingerprint density at radius 1 is 1.57 bits per heavy atom. The molecule has 0 N–H and O–H groups in total. The molecule has 5 nitrogen and oxygen atoms in total. The second-order valence-corrected chi connectivity index (χ2v) is 6.20. The lowest BCUT2D eigenvalue weighted by atomic mass is 9.84. The molecule has 2 heterocycles. The summed E-state index contributed by atoms with van der Waals surface area (Å²) < 4.78 is 16.2. The fourth-order valence-corrected chi connectivity index (χ4v) is 3.39. The molecule has 3 rings (SSSR count). The molecule has 21 heavy (non-hydrogen) atoms. The van der Waals surface area contributed by atoms with E-state index in [0.29, 0.717) is 18.7 Å². The van der Waals surface area contributed by atoms with E-state index in [2.05, 4.69) is 19.6 Å². The van der Waals surface area contributed by atoms with Gasteiger partial charge in [-0.3, -0.25) is 4.79 Å². The molecule has 1 aliphatic carbocycles. The quantitative estimate of drug-likeness (QED) is 0.261. The molecule has 0 amide bonds. The van der Waals surface area contributed by atoms with Crippen molar-refractivity contribution in [3.63, 3.8) is 0 Å². The number of epoxide rings is 1. The van der Waals surface area contributed by atoms with E-state index in [0.717, 1.165) is 31.3 Å². The first-order chi connectivity index (χ1) is 10.0. The van der Waals surface area contributed by atoms with E-state index < -0.39 is 0 Å². The molecule has 0 unspecified atom stereocenters. The number of rotatable bonds is 3.